The molecule has 0 bridgehead atoms. The van der Waals surface area contributed by atoms with E-state index in [9.17, 15) is 0 Å². The Bertz CT molecular complexity index is 529. The third-order valence-electron chi connectivity index (χ3n) is 3.47. The highest BCUT2D eigenvalue weighted by Crippen LogP contribution is 2.27. The zero-order valence-electron chi connectivity index (χ0n) is 10.7. The van der Waals surface area contributed by atoms with Crippen LogP contribution in [-0.2, 0) is 11.3 Å². The van der Waals surface area contributed by atoms with Gasteiger partial charge < -0.3 is 15.0 Å². The summed E-state index contributed by atoms with van der Waals surface area (Å²) in [4.78, 5) is 8.07. The zero-order valence-corrected chi connectivity index (χ0v) is 11.5. The van der Waals surface area contributed by atoms with Crippen LogP contribution in [0.4, 0.5) is 5.82 Å². The SMILES string of the molecule is CNCc1c(N(C)C2CCOC2)nc2sccn12. The van der Waals surface area contributed by atoms with E-state index in [1.165, 1.54) is 5.69 Å². The summed E-state index contributed by atoms with van der Waals surface area (Å²) in [6, 6.07) is 0.449. The van der Waals surface area contributed by atoms with Gasteiger partial charge in [-0.15, -0.1) is 11.3 Å². The second kappa shape index (κ2) is 4.87. The second-order valence-corrected chi connectivity index (χ2v) is 5.47. The van der Waals surface area contributed by atoms with Gasteiger partial charge in [-0.05, 0) is 13.5 Å². The summed E-state index contributed by atoms with van der Waals surface area (Å²) in [6.07, 6.45) is 3.17. The molecule has 6 heteroatoms. The number of nitrogens with zero attached hydrogens (tertiary/aromatic N) is 3. The molecule has 1 unspecified atom stereocenters. The first-order chi connectivity index (χ1) is 8.81. The van der Waals surface area contributed by atoms with Crippen LogP contribution in [0.2, 0.25) is 0 Å². The number of hydrogen-bond donors (Lipinski definition) is 1. The van der Waals surface area contributed by atoms with Gasteiger partial charge in [0.1, 0.15) is 0 Å². The quantitative estimate of drug-likeness (QED) is 0.907. The van der Waals surface area contributed by atoms with Gasteiger partial charge in [-0.25, -0.2) is 4.98 Å². The third-order valence-corrected chi connectivity index (χ3v) is 4.23. The van der Waals surface area contributed by atoms with E-state index in [0.29, 0.717) is 6.04 Å². The van der Waals surface area contributed by atoms with Crippen LogP contribution < -0.4 is 10.2 Å². The lowest BCUT2D eigenvalue weighted by Gasteiger charge is -2.24. The van der Waals surface area contributed by atoms with Gasteiger partial charge in [-0.2, -0.15) is 0 Å². The Morgan fingerprint density at radius 1 is 1.67 bits per heavy atom. The van der Waals surface area contributed by atoms with Crippen LogP contribution in [-0.4, -0.2) is 42.7 Å². The Morgan fingerprint density at radius 3 is 3.28 bits per heavy atom. The van der Waals surface area contributed by atoms with Crippen LogP contribution in [0.1, 0.15) is 12.1 Å². The van der Waals surface area contributed by atoms with Crippen LogP contribution in [0.15, 0.2) is 11.6 Å². The summed E-state index contributed by atoms with van der Waals surface area (Å²) in [5.74, 6) is 1.08. The van der Waals surface area contributed by atoms with Crippen molar-refractivity contribution in [1.82, 2.24) is 14.7 Å². The van der Waals surface area contributed by atoms with Crippen molar-refractivity contribution in [3.8, 4) is 0 Å². The van der Waals surface area contributed by atoms with E-state index < -0.39 is 0 Å². The molecule has 98 valence electrons. The number of fused-ring (bicyclic) bond motifs is 1. The van der Waals surface area contributed by atoms with E-state index in [1.807, 2.05) is 7.05 Å². The monoisotopic (exact) mass is 266 g/mol. The largest absolute Gasteiger partial charge is 0.379 e. The molecule has 0 amide bonds. The minimum Gasteiger partial charge on any atom is -0.379 e. The lowest BCUT2D eigenvalue weighted by Crippen LogP contribution is -2.33. The summed E-state index contributed by atoms with van der Waals surface area (Å²) < 4.78 is 7.64. The van der Waals surface area contributed by atoms with Gasteiger partial charge in [-0.1, -0.05) is 0 Å². The molecule has 1 aliphatic rings. The first-order valence-electron chi connectivity index (χ1n) is 6.21. The van der Waals surface area contributed by atoms with Crippen LogP contribution in [0.25, 0.3) is 4.96 Å². The summed E-state index contributed by atoms with van der Waals surface area (Å²) in [6.45, 7) is 2.49. The predicted octanol–water partition coefficient (Wildman–Crippen LogP) is 1.34. The fraction of sp³-hybridized carbons (Fsp3) is 0.583. The maximum atomic E-state index is 5.47. The molecule has 0 radical (unpaired) electrons. The van der Waals surface area contributed by atoms with Gasteiger partial charge in [0.05, 0.1) is 18.3 Å². The first kappa shape index (κ1) is 12.0. The third kappa shape index (κ3) is 1.90. The maximum Gasteiger partial charge on any atom is 0.195 e. The molecule has 1 N–H and O–H groups in total. The lowest BCUT2D eigenvalue weighted by atomic mass is 10.2. The number of imidazole rings is 1. The van der Waals surface area contributed by atoms with Crippen molar-refractivity contribution in [2.24, 2.45) is 0 Å². The molecule has 1 atom stereocenters. The standard InChI is InChI=1S/C12H18N4OS/c1-13-7-10-11(14-12-16(10)4-6-18-12)15(2)9-3-5-17-8-9/h4,6,9,13H,3,5,7-8H2,1-2H3. The summed E-state index contributed by atoms with van der Waals surface area (Å²) in [5.41, 5.74) is 1.23. The molecule has 2 aromatic heterocycles. The van der Waals surface area contributed by atoms with E-state index in [-0.39, 0.29) is 0 Å². The second-order valence-electron chi connectivity index (χ2n) is 4.60. The number of aromatic nitrogens is 2. The van der Waals surface area contributed by atoms with Crippen LogP contribution >= 0.6 is 11.3 Å². The number of rotatable bonds is 4. The van der Waals surface area contributed by atoms with Crippen molar-refractivity contribution in [2.45, 2.75) is 19.0 Å². The van der Waals surface area contributed by atoms with Crippen LogP contribution in [0.3, 0.4) is 0 Å². The summed E-state index contributed by atoms with van der Waals surface area (Å²) in [7, 11) is 4.08. The maximum absolute atomic E-state index is 5.47. The average Bonchev–Trinajstić information content (AvgIpc) is 3.06. The van der Waals surface area contributed by atoms with Crippen molar-refractivity contribution >= 4 is 22.1 Å². The van der Waals surface area contributed by atoms with Crippen molar-refractivity contribution in [2.75, 3.05) is 32.2 Å². The molecule has 3 heterocycles. The molecule has 3 rings (SSSR count). The van der Waals surface area contributed by atoms with E-state index in [2.05, 4.69) is 33.2 Å². The Labute approximate surface area is 110 Å². The number of thiazole rings is 1. The van der Waals surface area contributed by atoms with E-state index in [0.717, 1.165) is 37.0 Å². The first-order valence-corrected chi connectivity index (χ1v) is 7.09. The Balaban J connectivity index is 1.98. The molecule has 1 saturated heterocycles. The van der Waals surface area contributed by atoms with Crippen molar-refractivity contribution < 1.29 is 4.74 Å². The molecule has 0 aliphatic carbocycles. The van der Waals surface area contributed by atoms with E-state index in [4.69, 9.17) is 9.72 Å². The highest BCUT2D eigenvalue weighted by Gasteiger charge is 2.25. The highest BCUT2D eigenvalue weighted by molar-refractivity contribution is 7.15. The van der Waals surface area contributed by atoms with Gasteiger partial charge in [0, 0.05) is 31.8 Å². The van der Waals surface area contributed by atoms with Crippen LogP contribution in [0.5, 0.6) is 0 Å². The topological polar surface area (TPSA) is 41.8 Å². The summed E-state index contributed by atoms with van der Waals surface area (Å²) in [5, 5.41) is 5.30. The summed E-state index contributed by atoms with van der Waals surface area (Å²) >= 11 is 1.67. The fourth-order valence-electron chi connectivity index (χ4n) is 2.44. The zero-order chi connectivity index (χ0) is 12.5. The van der Waals surface area contributed by atoms with E-state index in [1.54, 1.807) is 11.3 Å². The van der Waals surface area contributed by atoms with Gasteiger partial charge in [-0.3, -0.25) is 4.40 Å². The highest BCUT2D eigenvalue weighted by atomic mass is 32.1. The van der Waals surface area contributed by atoms with Crippen molar-refractivity contribution in [3.63, 3.8) is 0 Å². The fourth-order valence-corrected chi connectivity index (χ4v) is 3.16. The molecule has 0 saturated carbocycles. The van der Waals surface area contributed by atoms with Gasteiger partial charge in [0.2, 0.25) is 0 Å². The Morgan fingerprint density at radius 2 is 2.56 bits per heavy atom. The molecular formula is C12H18N4OS. The smallest absolute Gasteiger partial charge is 0.195 e. The molecule has 5 nitrogen and oxygen atoms in total. The van der Waals surface area contributed by atoms with Crippen molar-refractivity contribution in [1.29, 1.82) is 0 Å². The molecule has 1 aliphatic heterocycles. The molecule has 0 aromatic carbocycles. The Hall–Kier alpha value is -1.11. The normalized spacial score (nSPS) is 19.8. The molecule has 18 heavy (non-hydrogen) atoms. The van der Waals surface area contributed by atoms with Crippen LogP contribution in [0, 0.1) is 0 Å². The average molecular weight is 266 g/mol. The number of ether oxygens (including phenoxy) is 1. The molecule has 2 aromatic rings. The number of likely N-dealkylation sites (N-methyl/N-ethyl adjacent to an activating group) is 1. The minimum absolute atomic E-state index is 0.449. The lowest BCUT2D eigenvalue weighted by molar-refractivity contribution is 0.193. The number of anilines is 1. The molecular weight excluding hydrogens is 248 g/mol. The van der Waals surface area contributed by atoms with E-state index >= 15 is 0 Å². The van der Waals surface area contributed by atoms with Crippen molar-refractivity contribution in [3.05, 3.63) is 17.3 Å². The van der Waals surface area contributed by atoms with Gasteiger partial charge in [0.25, 0.3) is 0 Å². The predicted molar refractivity (Wildman–Crippen MR) is 73.5 cm³/mol. The minimum atomic E-state index is 0.449. The Kier molecular flexibility index (Phi) is 3.23. The molecule has 1 fully saturated rings. The number of hydrogen-bond acceptors (Lipinski definition) is 5. The van der Waals surface area contributed by atoms with Gasteiger partial charge >= 0.3 is 0 Å². The van der Waals surface area contributed by atoms with Gasteiger partial charge in [0.15, 0.2) is 10.8 Å². The number of nitrogens with one attached hydrogen (secondary N) is 1. The molecule has 0 spiro atoms.